The molecular formula is C23H32N4O2. The van der Waals surface area contributed by atoms with E-state index in [2.05, 4.69) is 44.8 Å². The van der Waals surface area contributed by atoms with Crippen LogP contribution in [-0.4, -0.2) is 55.4 Å². The van der Waals surface area contributed by atoms with Gasteiger partial charge in [-0.2, -0.15) is 0 Å². The highest BCUT2D eigenvalue weighted by Gasteiger charge is 2.16. The lowest BCUT2D eigenvalue weighted by molar-refractivity contribution is 0.0792. The number of guanidine groups is 1. The minimum atomic E-state index is -0.118. The summed E-state index contributed by atoms with van der Waals surface area (Å²) < 4.78 is 5.68. The maximum absolute atomic E-state index is 9.62. The highest BCUT2D eigenvalue weighted by molar-refractivity contribution is 5.79. The van der Waals surface area contributed by atoms with Crippen LogP contribution in [0, 0.1) is 0 Å². The average Bonchev–Trinajstić information content (AvgIpc) is 2.76. The number of ether oxygens (including phenoxy) is 1. The molecule has 0 bridgehead atoms. The van der Waals surface area contributed by atoms with Crippen LogP contribution in [0.5, 0.6) is 5.75 Å². The molecule has 0 amide bonds. The number of piperidine rings is 1. The summed E-state index contributed by atoms with van der Waals surface area (Å²) in [6, 6.07) is 18.5. The number of aliphatic imine (C=N–C) groups is 1. The molecule has 0 spiro atoms. The van der Waals surface area contributed by atoms with Gasteiger partial charge in [-0.1, -0.05) is 42.5 Å². The van der Waals surface area contributed by atoms with Crippen LogP contribution in [0.15, 0.2) is 59.6 Å². The molecule has 29 heavy (non-hydrogen) atoms. The Hall–Kier alpha value is -2.57. The normalized spacial score (nSPS) is 15.9. The molecule has 0 aliphatic carbocycles. The van der Waals surface area contributed by atoms with E-state index in [1.165, 1.54) is 11.1 Å². The Morgan fingerprint density at radius 2 is 1.72 bits per heavy atom. The second kappa shape index (κ2) is 11.4. The summed E-state index contributed by atoms with van der Waals surface area (Å²) in [6.45, 7) is 4.87. The van der Waals surface area contributed by atoms with Gasteiger partial charge in [0.2, 0.25) is 0 Å². The fourth-order valence-corrected chi connectivity index (χ4v) is 3.36. The van der Waals surface area contributed by atoms with Gasteiger partial charge in [0.1, 0.15) is 12.4 Å². The molecule has 3 N–H and O–H groups in total. The minimum absolute atomic E-state index is 0.118. The van der Waals surface area contributed by atoms with E-state index < -0.39 is 0 Å². The number of nitrogens with one attached hydrogen (secondary N) is 2. The third-order valence-electron chi connectivity index (χ3n) is 5.08. The van der Waals surface area contributed by atoms with Gasteiger partial charge in [0.15, 0.2) is 5.96 Å². The third-order valence-corrected chi connectivity index (χ3v) is 5.08. The summed E-state index contributed by atoms with van der Waals surface area (Å²) in [5, 5.41) is 16.2. The van der Waals surface area contributed by atoms with E-state index >= 15 is 0 Å². The molecule has 1 saturated heterocycles. The SMILES string of the molecule is CN=C(NCCOc1ccccc1)NCc1ccc(CN2CCC(O)CC2)cc1. The molecule has 1 aliphatic heterocycles. The molecule has 0 unspecified atom stereocenters. The van der Waals surface area contributed by atoms with Crippen LogP contribution in [0.3, 0.4) is 0 Å². The number of hydrogen-bond acceptors (Lipinski definition) is 4. The van der Waals surface area contributed by atoms with Crippen molar-refractivity contribution in [3.8, 4) is 5.75 Å². The van der Waals surface area contributed by atoms with Crippen molar-refractivity contribution in [1.29, 1.82) is 0 Å². The second-order valence-electron chi connectivity index (χ2n) is 7.34. The van der Waals surface area contributed by atoms with Crippen LogP contribution in [0.4, 0.5) is 0 Å². The molecule has 6 nitrogen and oxygen atoms in total. The van der Waals surface area contributed by atoms with Crippen LogP contribution in [-0.2, 0) is 13.1 Å². The monoisotopic (exact) mass is 396 g/mol. The Kier molecular flexibility index (Phi) is 8.34. The van der Waals surface area contributed by atoms with Crippen LogP contribution in [0.1, 0.15) is 24.0 Å². The molecule has 0 atom stereocenters. The van der Waals surface area contributed by atoms with E-state index in [-0.39, 0.29) is 6.10 Å². The zero-order valence-corrected chi connectivity index (χ0v) is 17.2. The Bertz CT molecular complexity index is 741. The van der Waals surface area contributed by atoms with Gasteiger partial charge in [-0.15, -0.1) is 0 Å². The molecule has 1 fully saturated rings. The summed E-state index contributed by atoms with van der Waals surface area (Å²) in [5.41, 5.74) is 2.53. The van der Waals surface area contributed by atoms with Crippen molar-refractivity contribution in [3.05, 3.63) is 65.7 Å². The quantitative estimate of drug-likeness (QED) is 0.363. The smallest absolute Gasteiger partial charge is 0.191 e. The van der Waals surface area contributed by atoms with Crippen molar-refractivity contribution < 1.29 is 9.84 Å². The predicted octanol–water partition coefficient (Wildman–Crippen LogP) is 2.39. The Labute approximate surface area is 173 Å². The maximum atomic E-state index is 9.62. The Morgan fingerprint density at radius 3 is 2.41 bits per heavy atom. The van der Waals surface area contributed by atoms with Gasteiger partial charge in [0.25, 0.3) is 0 Å². The minimum Gasteiger partial charge on any atom is -0.492 e. The van der Waals surface area contributed by atoms with Crippen molar-refractivity contribution in [2.24, 2.45) is 4.99 Å². The van der Waals surface area contributed by atoms with E-state index in [4.69, 9.17) is 4.74 Å². The van der Waals surface area contributed by atoms with Gasteiger partial charge in [-0.05, 0) is 36.1 Å². The number of hydrogen-bond donors (Lipinski definition) is 3. The molecule has 6 heteroatoms. The predicted molar refractivity (Wildman–Crippen MR) is 117 cm³/mol. The Morgan fingerprint density at radius 1 is 1.03 bits per heavy atom. The lowest BCUT2D eigenvalue weighted by Crippen LogP contribution is -2.38. The van der Waals surface area contributed by atoms with Crippen LogP contribution in [0.25, 0.3) is 0 Å². The van der Waals surface area contributed by atoms with Crippen molar-refractivity contribution in [2.75, 3.05) is 33.3 Å². The molecular weight excluding hydrogens is 364 g/mol. The third kappa shape index (κ3) is 7.40. The van der Waals surface area contributed by atoms with Gasteiger partial charge < -0.3 is 20.5 Å². The second-order valence-corrected chi connectivity index (χ2v) is 7.34. The zero-order chi connectivity index (χ0) is 20.3. The van der Waals surface area contributed by atoms with E-state index in [1.54, 1.807) is 7.05 Å². The zero-order valence-electron chi connectivity index (χ0n) is 17.2. The van der Waals surface area contributed by atoms with E-state index in [0.29, 0.717) is 13.2 Å². The summed E-state index contributed by atoms with van der Waals surface area (Å²) in [4.78, 5) is 6.67. The Balaban J connectivity index is 1.35. The van der Waals surface area contributed by atoms with E-state index in [1.807, 2.05) is 30.3 Å². The highest BCUT2D eigenvalue weighted by atomic mass is 16.5. The fraction of sp³-hybridized carbons (Fsp3) is 0.435. The number of para-hydroxylation sites is 1. The van der Waals surface area contributed by atoms with E-state index in [9.17, 15) is 5.11 Å². The number of aliphatic hydroxyl groups excluding tert-OH is 1. The summed E-state index contributed by atoms with van der Waals surface area (Å²) in [7, 11) is 1.77. The van der Waals surface area contributed by atoms with Crippen molar-refractivity contribution >= 4 is 5.96 Å². The van der Waals surface area contributed by atoms with Gasteiger partial charge in [-0.3, -0.25) is 9.89 Å². The lowest BCUT2D eigenvalue weighted by atomic mass is 10.1. The van der Waals surface area contributed by atoms with E-state index in [0.717, 1.165) is 50.7 Å². The number of nitrogens with zero attached hydrogens (tertiary/aromatic N) is 2. The number of benzene rings is 2. The first-order valence-electron chi connectivity index (χ1n) is 10.3. The van der Waals surface area contributed by atoms with Crippen LogP contribution >= 0.6 is 0 Å². The molecule has 2 aromatic rings. The number of rotatable bonds is 8. The molecule has 0 saturated carbocycles. The first-order valence-corrected chi connectivity index (χ1v) is 10.3. The largest absolute Gasteiger partial charge is 0.492 e. The molecule has 1 heterocycles. The highest BCUT2D eigenvalue weighted by Crippen LogP contribution is 2.14. The van der Waals surface area contributed by atoms with Gasteiger partial charge >= 0.3 is 0 Å². The molecule has 3 rings (SSSR count). The topological polar surface area (TPSA) is 69.1 Å². The first kappa shape index (κ1) is 21.1. The van der Waals surface area contributed by atoms with Crippen LogP contribution in [0.2, 0.25) is 0 Å². The lowest BCUT2D eigenvalue weighted by Gasteiger charge is -2.29. The fourth-order valence-electron chi connectivity index (χ4n) is 3.36. The van der Waals surface area contributed by atoms with Crippen molar-refractivity contribution in [2.45, 2.75) is 32.0 Å². The number of likely N-dealkylation sites (tertiary alicyclic amines) is 1. The van der Waals surface area contributed by atoms with Gasteiger partial charge in [0, 0.05) is 33.2 Å². The van der Waals surface area contributed by atoms with Gasteiger partial charge in [-0.25, -0.2) is 0 Å². The first-order chi connectivity index (χ1) is 14.2. The van der Waals surface area contributed by atoms with Gasteiger partial charge in [0.05, 0.1) is 12.6 Å². The maximum Gasteiger partial charge on any atom is 0.191 e. The van der Waals surface area contributed by atoms with Crippen LogP contribution < -0.4 is 15.4 Å². The summed E-state index contributed by atoms with van der Waals surface area (Å²) in [5.74, 6) is 1.63. The number of aliphatic hydroxyl groups is 1. The summed E-state index contributed by atoms with van der Waals surface area (Å²) >= 11 is 0. The molecule has 0 aromatic heterocycles. The average molecular weight is 397 g/mol. The summed E-state index contributed by atoms with van der Waals surface area (Å²) in [6.07, 6.45) is 1.64. The standard InChI is InChI=1S/C23H32N4O2/c1-24-23(25-13-16-29-22-5-3-2-4-6-22)26-17-19-7-9-20(10-8-19)18-27-14-11-21(28)12-15-27/h2-10,21,28H,11-18H2,1H3,(H2,24,25,26). The van der Waals surface area contributed by atoms with Crippen molar-refractivity contribution in [3.63, 3.8) is 0 Å². The molecule has 1 aliphatic rings. The molecule has 2 aromatic carbocycles. The molecule has 0 radical (unpaired) electrons. The molecule has 156 valence electrons. The van der Waals surface area contributed by atoms with Crippen molar-refractivity contribution in [1.82, 2.24) is 15.5 Å².